The van der Waals surface area contributed by atoms with Crippen molar-refractivity contribution in [2.24, 2.45) is 5.84 Å². The Morgan fingerprint density at radius 1 is 1.50 bits per heavy atom. The van der Waals surface area contributed by atoms with E-state index in [0.29, 0.717) is 0 Å². The number of methoxy groups -OCH3 is 1. The summed E-state index contributed by atoms with van der Waals surface area (Å²) in [5.74, 6) is 5.65. The molecule has 1 aromatic rings. The van der Waals surface area contributed by atoms with E-state index in [1.54, 1.807) is 7.11 Å². The van der Waals surface area contributed by atoms with E-state index >= 15 is 0 Å². The van der Waals surface area contributed by atoms with Crippen LogP contribution in [0.25, 0.3) is 0 Å². The van der Waals surface area contributed by atoms with Crippen molar-refractivity contribution in [3.05, 3.63) is 28.2 Å². The van der Waals surface area contributed by atoms with E-state index in [-0.39, 0.29) is 5.91 Å². The van der Waals surface area contributed by atoms with Crippen molar-refractivity contribution in [1.29, 1.82) is 0 Å². The van der Waals surface area contributed by atoms with Gasteiger partial charge in [0.2, 0.25) is 5.91 Å². The van der Waals surface area contributed by atoms with Crippen LogP contribution in [0.3, 0.4) is 0 Å². The number of benzene rings is 1. The third kappa shape index (κ3) is 2.36. The lowest BCUT2D eigenvalue weighted by atomic mass is 9.84. The number of rotatable bonds is 3. The second-order valence-electron chi connectivity index (χ2n) is 3.95. The van der Waals surface area contributed by atoms with Crippen LogP contribution in [-0.4, -0.2) is 13.0 Å². The standard InChI is InChI=1S/C11H15BrN2O2/c1-11(2,10(15)14-13)7-4-5-9(16-3)8(12)6-7/h4-6H,13H2,1-3H3,(H,14,15). The molecule has 0 fully saturated rings. The van der Waals surface area contributed by atoms with Gasteiger partial charge in [0.05, 0.1) is 17.0 Å². The Balaban J connectivity index is 3.14. The Morgan fingerprint density at radius 2 is 2.12 bits per heavy atom. The number of nitrogens with two attached hydrogens (primary N) is 1. The van der Waals surface area contributed by atoms with Crippen molar-refractivity contribution in [3.63, 3.8) is 0 Å². The number of amides is 1. The molecule has 1 rings (SSSR count). The number of hydrazine groups is 1. The second-order valence-corrected chi connectivity index (χ2v) is 4.80. The molecular weight excluding hydrogens is 272 g/mol. The van der Waals surface area contributed by atoms with Crippen LogP contribution < -0.4 is 16.0 Å². The molecule has 0 aliphatic rings. The minimum Gasteiger partial charge on any atom is -0.496 e. The summed E-state index contributed by atoms with van der Waals surface area (Å²) in [6, 6.07) is 5.51. The van der Waals surface area contributed by atoms with E-state index in [0.717, 1.165) is 15.8 Å². The van der Waals surface area contributed by atoms with Gasteiger partial charge in [0.15, 0.2) is 0 Å². The molecule has 0 radical (unpaired) electrons. The third-order valence-corrected chi connectivity index (χ3v) is 3.19. The average Bonchev–Trinajstić information content (AvgIpc) is 2.27. The molecule has 1 aromatic carbocycles. The van der Waals surface area contributed by atoms with Crippen LogP contribution in [0.5, 0.6) is 5.75 Å². The van der Waals surface area contributed by atoms with Gasteiger partial charge in [-0.05, 0) is 47.5 Å². The quantitative estimate of drug-likeness (QED) is 0.505. The zero-order chi connectivity index (χ0) is 12.3. The SMILES string of the molecule is COc1ccc(C(C)(C)C(=O)NN)cc1Br. The first-order valence-electron chi connectivity index (χ1n) is 4.78. The number of hydrogen-bond acceptors (Lipinski definition) is 3. The number of carbonyl (C=O) groups is 1. The lowest BCUT2D eigenvalue weighted by molar-refractivity contribution is -0.125. The van der Waals surface area contributed by atoms with Gasteiger partial charge < -0.3 is 4.74 Å². The molecule has 0 aliphatic heterocycles. The van der Waals surface area contributed by atoms with Crippen molar-refractivity contribution in [2.75, 3.05) is 7.11 Å². The molecule has 0 spiro atoms. The van der Waals surface area contributed by atoms with Crippen LogP contribution in [0.1, 0.15) is 19.4 Å². The molecule has 0 aromatic heterocycles. The maximum atomic E-state index is 11.6. The molecule has 16 heavy (non-hydrogen) atoms. The van der Waals surface area contributed by atoms with Crippen LogP contribution in [-0.2, 0) is 10.2 Å². The van der Waals surface area contributed by atoms with E-state index in [4.69, 9.17) is 10.6 Å². The topological polar surface area (TPSA) is 64.3 Å². The molecule has 0 aliphatic carbocycles. The van der Waals surface area contributed by atoms with Crippen molar-refractivity contribution in [3.8, 4) is 5.75 Å². The van der Waals surface area contributed by atoms with Crippen LogP contribution >= 0.6 is 15.9 Å². The number of hydrogen-bond donors (Lipinski definition) is 2. The molecular formula is C11H15BrN2O2. The number of carbonyl (C=O) groups excluding carboxylic acids is 1. The zero-order valence-corrected chi connectivity index (χ0v) is 11.1. The van der Waals surface area contributed by atoms with E-state index in [1.807, 2.05) is 32.0 Å². The van der Waals surface area contributed by atoms with Crippen LogP contribution in [0.15, 0.2) is 22.7 Å². The number of halogens is 1. The zero-order valence-electron chi connectivity index (χ0n) is 9.50. The normalized spacial score (nSPS) is 11.1. The van der Waals surface area contributed by atoms with E-state index in [2.05, 4.69) is 21.4 Å². The van der Waals surface area contributed by atoms with Crippen molar-refractivity contribution >= 4 is 21.8 Å². The van der Waals surface area contributed by atoms with Crippen LogP contribution in [0, 0.1) is 0 Å². The molecule has 0 unspecified atom stereocenters. The van der Waals surface area contributed by atoms with Gasteiger partial charge in [-0.3, -0.25) is 10.2 Å². The highest BCUT2D eigenvalue weighted by Gasteiger charge is 2.29. The van der Waals surface area contributed by atoms with Crippen LogP contribution in [0.4, 0.5) is 0 Å². The highest BCUT2D eigenvalue weighted by molar-refractivity contribution is 9.10. The molecule has 0 heterocycles. The van der Waals surface area contributed by atoms with Gasteiger partial charge in [0.1, 0.15) is 5.75 Å². The van der Waals surface area contributed by atoms with Gasteiger partial charge in [0, 0.05) is 0 Å². The summed E-state index contributed by atoms with van der Waals surface area (Å²) in [6.45, 7) is 3.62. The number of nitrogens with one attached hydrogen (secondary N) is 1. The van der Waals surface area contributed by atoms with Gasteiger partial charge >= 0.3 is 0 Å². The summed E-state index contributed by atoms with van der Waals surface area (Å²) in [5, 5.41) is 0. The molecule has 0 atom stereocenters. The Labute approximate surface area is 103 Å². The first-order valence-corrected chi connectivity index (χ1v) is 5.58. The van der Waals surface area contributed by atoms with E-state index in [9.17, 15) is 4.79 Å². The fourth-order valence-electron chi connectivity index (χ4n) is 1.37. The van der Waals surface area contributed by atoms with Crippen molar-refractivity contribution in [2.45, 2.75) is 19.3 Å². The summed E-state index contributed by atoms with van der Waals surface area (Å²) < 4.78 is 5.94. The molecule has 88 valence electrons. The Morgan fingerprint density at radius 3 is 2.56 bits per heavy atom. The maximum absolute atomic E-state index is 11.6. The van der Waals surface area contributed by atoms with E-state index in [1.165, 1.54) is 0 Å². The first kappa shape index (κ1) is 13.0. The first-order chi connectivity index (χ1) is 7.43. The van der Waals surface area contributed by atoms with Gasteiger partial charge in [-0.1, -0.05) is 6.07 Å². The lowest BCUT2D eigenvalue weighted by Gasteiger charge is -2.23. The van der Waals surface area contributed by atoms with Crippen molar-refractivity contribution < 1.29 is 9.53 Å². The molecule has 3 N–H and O–H groups in total. The summed E-state index contributed by atoms with van der Waals surface area (Å²) in [5.41, 5.74) is 2.35. The third-order valence-electron chi connectivity index (χ3n) is 2.57. The maximum Gasteiger partial charge on any atom is 0.243 e. The Hall–Kier alpha value is -1.07. The highest BCUT2D eigenvalue weighted by atomic mass is 79.9. The predicted molar refractivity (Wildman–Crippen MR) is 66.1 cm³/mol. The Kier molecular flexibility index (Phi) is 3.93. The molecule has 5 heteroatoms. The predicted octanol–water partition coefficient (Wildman–Crippen LogP) is 1.73. The van der Waals surface area contributed by atoms with Gasteiger partial charge in [0.25, 0.3) is 0 Å². The molecule has 4 nitrogen and oxygen atoms in total. The average molecular weight is 287 g/mol. The summed E-state index contributed by atoms with van der Waals surface area (Å²) in [7, 11) is 1.59. The fraction of sp³-hybridized carbons (Fsp3) is 0.364. The molecule has 0 bridgehead atoms. The summed E-state index contributed by atoms with van der Waals surface area (Å²) >= 11 is 3.38. The van der Waals surface area contributed by atoms with Gasteiger partial charge in [-0.2, -0.15) is 0 Å². The largest absolute Gasteiger partial charge is 0.496 e. The van der Waals surface area contributed by atoms with Gasteiger partial charge in [-0.25, -0.2) is 5.84 Å². The fourth-order valence-corrected chi connectivity index (χ4v) is 1.91. The minimum atomic E-state index is -0.677. The van der Waals surface area contributed by atoms with Crippen molar-refractivity contribution in [1.82, 2.24) is 5.43 Å². The monoisotopic (exact) mass is 286 g/mol. The molecule has 1 amide bonds. The highest BCUT2D eigenvalue weighted by Crippen LogP contribution is 2.31. The van der Waals surface area contributed by atoms with Crippen LogP contribution in [0.2, 0.25) is 0 Å². The lowest BCUT2D eigenvalue weighted by Crippen LogP contribution is -2.43. The Bertz CT molecular complexity index is 405. The smallest absolute Gasteiger partial charge is 0.243 e. The molecule has 0 saturated carbocycles. The minimum absolute atomic E-state index is 0.232. The summed E-state index contributed by atoms with van der Waals surface area (Å²) in [4.78, 5) is 11.6. The second kappa shape index (κ2) is 4.84. The van der Waals surface area contributed by atoms with E-state index < -0.39 is 5.41 Å². The summed E-state index contributed by atoms with van der Waals surface area (Å²) in [6.07, 6.45) is 0. The molecule has 0 saturated heterocycles. The van der Waals surface area contributed by atoms with Gasteiger partial charge in [-0.15, -0.1) is 0 Å². The number of ether oxygens (including phenoxy) is 1.